The van der Waals surface area contributed by atoms with Crippen molar-refractivity contribution in [2.45, 2.75) is 31.8 Å². The minimum Gasteiger partial charge on any atom is -0.447 e. The first-order valence-electron chi connectivity index (χ1n) is 9.73. The molecule has 1 unspecified atom stereocenters. The Balaban J connectivity index is 1.32. The van der Waals surface area contributed by atoms with Crippen LogP contribution in [0.1, 0.15) is 31.7 Å². The average molecular weight is 427 g/mol. The predicted octanol–water partition coefficient (Wildman–Crippen LogP) is 4.09. The molecular weight excluding hydrogens is 408 g/mol. The Labute approximate surface area is 177 Å². The van der Waals surface area contributed by atoms with E-state index in [0.29, 0.717) is 41.0 Å². The lowest BCUT2D eigenvalue weighted by Crippen LogP contribution is -2.35. The molecule has 1 amide bonds. The number of nitrogens with zero attached hydrogens (tertiary/aromatic N) is 5. The molecule has 1 aliphatic heterocycles. The van der Waals surface area contributed by atoms with Gasteiger partial charge in [0.15, 0.2) is 0 Å². The minimum atomic E-state index is -0.367. The summed E-state index contributed by atoms with van der Waals surface area (Å²) in [4.78, 5) is 27.0. The van der Waals surface area contributed by atoms with E-state index in [1.54, 1.807) is 29.3 Å². The summed E-state index contributed by atoms with van der Waals surface area (Å²) in [7, 11) is 0. The molecule has 2 atom stereocenters. The van der Waals surface area contributed by atoms with Crippen LogP contribution in [0.3, 0.4) is 0 Å². The molecule has 1 saturated heterocycles. The number of carbonyl (C=O) groups excluding carboxylic acids is 1. The summed E-state index contributed by atoms with van der Waals surface area (Å²) in [6.07, 6.45) is 3.46. The van der Waals surface area contributed by atoms with Gasteiger partial charge in [0.2, 0.25) is 17.7 Å². The van der Waals surface area contributed by atoms with E-state index in [-0.39, 0.29) is 18.2 Å². The van der Waals surface area contributed by atoms with Crippen molar-refractivity contribution in [2.75, 3.05) is 16.8 Å². The molecule has 0 spiro atoms. The number of cyclic esters (lactones) is 1. The molecule has 3 aromatic rings. The predicted molar refractivity (Wildman–Crippen MR) is 109 cm³/mol. The molecule has 0 radical (unpaired) electrons. The number of benzene rings is 1. The molecule has 1 aliphatic carbocycles. The zero-order chi connectivity index (χ0) is 20.7. The number of rotatable bonds is 6. The van der Waals surface area contributed by atoms with E-state index >= 15 is 0 Å². The maximum Gasteiger partial charge on any atom is 0.415 e. The van der Waals surface area contributed by atoms with Crippen molar-refractivity contribution in [3.63, 3.8) is 0 Å². The molecule has 0 bridgehead atoms. The van der Waals surface area contributed by atoms with Gasteiger partial charge in [-0.25, -0.2) is 9.78 Å². The normalized spacial score (nSPS) is 19.6. The highest BCUT2D eigenvalue weighted by Crippen LogP contribution is 2.39. The Morgan fingerprint density at radius 1 is 1.20 bits per heavy atom. The fraction of sp³-hybridized carbons (Fsp3) is 0.350. The van der Waals surface area contributed by atoms with Crippen LogP contribution in [0.2, 0.25) is 5.02 Å². The smallest absolute Gasteiger partial charge is 0.415 e. The van der Waals surface area contributed by atoms with Gasteiger partial charge in [0.05, 0.1) is 6.04 Å². The van der Waals surface area contributed by atoms with Gasteiger partial charge in [-0.2, -0.15) is 9.97 Å². The van der Waals surface area contributed by atoms with Gasteiger partial charge in [0.25, 0.3) is 0 Å². The largest absolute Gasteiger partial charge is 0.447 e. The summed E-state index contributed by atoms with van der Waals surface area (Å²) in [6.45, 7) is 2.27. The first-order chi connectivity index (χ1) is 14.6. The van der Waals surface area contributed by atoms with Gasteiger partial charge >= 0.3 is 6.09 Å². The maximum absolute atomic E-state index is 12.2. The highest BCUT2D eigenvalue weighted by atomic mass is 35.5. The third kappa shape index (κ3) is 3.68. The summed E-state index contributed by atoms with van der Waals surface area (Å²) in [5.41, 5.74) is 0.804. The fourth-order valence-corrected chi connectivity index (χ4v) is 3.59. The second kappa shape index (κ2) is 7.56. The topological polar surface area (TPSA) is 106 Å². The lowest BCUT2D eigenvalue weighted by Gasteiger charge is -2.20. The van der Waals surface area contributed by atoms with Gasteiger partial charge in [-0.15, -0.1) is 0 Å². The summed E-state index contributed by atoms with van der Waals surface area (Å²) in [5.74, 6) is 2.22. The highest BCUT2D eigenvalue weighted by molar-refractivity contribution is 6.30. The zero-order valence-electron chi connectivity index (χ0n) is 16.2. The van der Waals surface area contributed by atoms with Gasteiger partial charge in [-0.05, 0) is 56.0 Å². The molecule has 30 heavy (non-hydrogen) atoms. The Kier molecular flexibility index (Phi) is 4.74. The first kappa shape index (κ1) is 18.8. The lowest BCUT2D eigenvalue weighted by molar-refractivity contribution is 0.178. The molecule has 1 saturated carbocycles. The Morgan fingerprint density at radius 2 is 2.00 bits per heavy atom. The van der Waals surface area contributed by atoms with Crippen LogP contribution in [0.25, 0.3) is 11.4 Å². The second-order valence-corrected chi connectivity index (χ2v) is 7.86. The number of nitrogens with one attached hydrogen (secondary N) is 1. The van der Waals surface area contributed by atoms with Crippen LogP contribution in [0, 0.1) is 5.92 Å². The van der Waals surface area contributed by atoms with E-state index in [9.17, 15) is 4.79 Å². The van der Waals surface area contributed by atoms with E-state index in [1.165, 1.54) is 0 Å². The molecule has 2 fully saturated rings. The van der Waals surface area contributed by atoms with Crippen molar-refractivity contribution in [3.05, 3.63) is 47.4 Å². The van der Waals surface area contributed by atoms with Crippen LogP contribution < -0.4 is 10.2 Å². The van der Waals surface area contributed by atoms with Crippen molar-refractivity contribution in [1.29, 1.82) is 0 Å². The van der Waals surface area contributed by atoms with Gasteiger partial charge < -0.3 is 14.6 Å². The van der Waals surface area contributed by atoms with E-state index < -0.39 is 0 Å². The molecule has 10 heteroatoms. The van der Waals surface area contributed by atoms with E-state index in [1.807, 2.05) is 19.1 Å². The molecule has 5 rings (SSSR count). The van der Waals surface area contributed by atoms with Crippen LogP contribution in [-0.4, -0.2) is 38.9 Å². The molecule has 154 valence electrons. The summed E-state index contributed by atoms with van der Waals surface area (Å²) in [6, 6.07) is 8.61. The highest BCUT2D eigenvalue weighted by Gasteiger charge is 2.44. The van der Waals surface area contributed by atoms with E-state index in [2.05, 4.69) is 25.4 Å². The maximum atomic E-state index is 12.2. The van der Waals surface area contributed by atoms with Crippen LogP contribution in [0.15, 0.2) is 41.1 Å². The number of hydrogen-bond acceptors (Lipinski definition) is 8. The molecule has 1 aromatic carbocycles. The quantitative estimate of drug-likeness (QED) is 0.628. The van der Waals surface area contributed by atoms with Gasteiger partial charge in [0.1, 0.15) is 18.5 Å². The van der Waals surface area contributed by atoms with Crippen LogP contribution in [0.4, 0.5) is 16.6 Å². The van der Waals surface area contributed by atoms with Gasteiger partial charge in [-0.3, -0.25) is 4.90 Å². The Bertz CT molecular complexity index is 1070. The molecule has 9 nitrogen and oxygen atoms in total. The Morgan fingerprint density at radius 3 is 2.77 bits per heavy atom. The Hall–Kier alpha value is -3.20. The number of hydrogen-bond donors (Lipinski definition) is 1. The number of amides is 1. The SMILES string of the molecule is C[C@H](Nc1nccc(N2C(=O)OCC2C2CC2)n1)c1nc(-c2ccc(Cl)cc2)no1. The van der Waals surface area contributed by atoms with Crippen molar-refractivity contribution in [3.8, 4) is 11.4 Å². The monoisotopic (exact) mass is 426 g/mol. The van der Waals surface area contributed by atoms with Crippen molar-refractivity contribution < 1.29 is 14.1 Å². The van der Waals surface area contributed by atoms with E-state index in [4.69, 9.17) is 20.9 Å². The first-order valence-corrected chi connectivity index (χ1v) is 10.1. The van der Waals surface area contributed by atoms with Crippen LogP contribution in [0.5, 0.6) is 0 Å². The van der Waals surface area contributed by atoms with Crippen LogP contribution in [-0.2, 0) is 4.74 Å². The van der Waals surface area contributed by atoms with Gasteiger partial charge in [0, 0.05) is 16.8 Å². The molecular formula is C20H19ClN6O3. The number of halogens is 1. The number of anilines is 2. The van der Waals surface area contributed by atoms with E-state index in [0.717, 1.165) is 18.4 Å². The lowest BCUT2D eigenvalue weighted by atomic mass is 10.2. The van der Waals surface area contributed by atoms with Crippen molar-refractivity contribution in [2.24, 2.45) is 5.92 Å². The van der Waals surface area contributed by atoms with Crippen molar-refractivity contribution in [1.82, 2.24) is 20.1 Å². The number of carbonyl (C=O) groups is 1. The fourth-order valence-electron chi connectivity index (χ4n) is 3.46. The van der Waals surface area contributed by atoms with Crippen molar-refractivity contribution >= 4 is 29.5 Å². The number of ether oxygens (including phenoxy) is 1. The molecule has 3 heterocycles. The molecule has 2 aliphatic rings. The minimum absolute atomic E-state index is 0.0375. The van der Waals surface area contributed by atoms with Crippen LogP contribution >= 0.6 is 11.6 Å². The second-order valence-electron chi connectivity index (χ2n) is 7.42. The third-order valence-electron chi connectivity index (χ3n) is 5.22. The average Bonchev–Trinajstić information content (AvgIpc) is 3.33. The standard InChI is InChI=1S/C20H19ClN6O3/c1-11(18-25-17(26-30-18)13-4-6-14(21)7-5-13)23-19-22-9-8-16(24-19)27-15(12-2-3-12)10-29-20(27)28/h4-9,11-12,15H,2-3,10H2,1H3,(H,22,23,24)/t11-,15?/m0/s1. The summed E-state index contributed by atoms with van der Waals surface area (Å²) < 4.78 is 10.6. The zero-order valence-corrected chi connectivity index (χ0v) is 16.9. The molecule has 1 N–H and O–H groups in total. The molecule has 2 aromatic heterocycles. The number of aromatic nitrogens is 4. The third-order valence-corrected chi connectivity index (χ3v) is 5.47. The van der Waals surface area contributed by atoms with Gasteiger partial charge in [-0.1, -0.05) is 16.8 Å². The summed E-state index contributed by atoms with van der Waals surface area (Å²) >= 11 is 5.92. The summed E-state index contributed by atoms with van der Waals surface area (Å²) in [5, 5.41) is 7.82.